The number of nitrogens with one attached hydrogen (secondary N) is 2. The van der Waals surface area contributed by atoms with E-state index >= 15 is 0 Å². The number of hydrogen-bond donors (Lipinski definition) is 2. The molecule has 0 radical (unpaired) electrons. The number of rotatable bonds is 7. The largest absolute Gasteiger partial charge is 0.324 e. The van der Waals surface area contributed by atoms with Gasteiger partial charge in [0, 0.05) is 5.69 Å². The maximum atomic E-state index is 12.7. The van der Waals surface area contributed by atoms with Crippen molar-refractivity contribution < 1.29 is 9.59 Å². The third kappa shape index (κ3) is 5.33. The summed E-state index contributed by atoms with van der Waals surface area (Å²) < 4.78 is 1.13. The van der Waals surface area contributed by atoms with Crippen LogP contribution in [0, 0.1) is 0 Å². The summed E-state index contributed by atoms with van der Waals surface area (Å²) >= 11 is 1.63. The summed E-state index contributed by atoms with van der Waals surface area (Å²) in [5.74, 6) is -0.464. The Morgan fingerprint density at radius 2 is 1.61 bits per heavy atom. The molecule has 31 heavy (non-hydrogen) atoms. The maximum absolute atomic E-state index is 12.7. The third-order valence-corrected chi connectivity index (χ3v) is 5.66. The molecule has 1 heterocycles. The molecule has 6 nitrogen and oxygen atoms in total. The van der Waals surface area contributed by atoms with Crippen molar-refractivity contribution in [3.8, 4) is 0 Å². The number of amides is 2. The van der Waals surface area contributed by atoms with Crippen molar-refractivity contribution in [2.24, 2.45) is 0 Å². The number of anilines is 2. The first-order valence-electron chi connectivity index (χ1n) is 9.87. The van der Waals surface area contributed by atoms with Gasteiger partial charge in [-0.2, -0.15) is 0 Å². The molecule has 0 atom stereocenters. The number of thiazole rings is 1. The summed E-state index contributed by atoms with van der Waals surface area (Å²) in [6.07, 6.45) is 0. The average molecular weight is 431 g/mol. The number of carbonyl (C=O) groups is 2. The Kier molecular flexibility index (Phi) is 6.35. The monoisotopic (exact) mass is 430 g/mol. The Bertz CT molecular complexity index is 1170. The van der Waals surface area contributed by atoms with Gasteiger partial charge in [0.2, 0.25) is 5.91 Å². The fraction of sp³-hybridized carbons (Fsp3) is 0.125. The van der Waals surface area contributed by atoms with E-state index in [4.69, 9.17) is 0 Å². The van der Waals surface area contributed by atoms with Gasteiger partial charge in [-0.3, -0.25) is 14.5 Å². The zero-order chi connectivity index (χ0) is 21.6. The highest BCUT2D eigenvalue weighted by molar-refractivity contribution is 7.18. The summed E-state index contributed by atoms with van der Waals surface area (Å²) in [5, 5.41) is 6.67. The summed E-state index contributed by atoms with van der Waals surface area (Å²) in [4.78, 5) is 31.8. The smallest absolute Gasteiger partial charge is 0.257 e. The van der Waals surface area contributed by atoms with E-state index in [1.54, 1.807) is 35.6 Å². The molecule has 4 aromatic rings. The van der Waals surface area contributed by atoms with E-state index in [1.165, 1.54) is 0 Å². The van der Waals surface area contributed by atoms with Crippen molar-refractivity contribution in [2.75, 3.05) is 24.2 Å². The van der Waals surface area contributed by atoms with Crippen LogP contribution in [0.15, 0.2) is 78.9 Å². The van der Waals surface area contributed by atoms with Crippen molar-refractivity contribution in [3.63, 3.8) is 0 Å². The zero-order valence-electron chi connectivity index (χ0n) is 17.0. The average Bonchev–Trinajstić information content (AvgIpc) is 3.16. The Hall–Kier alpha value is -3.55. The van der Waals surface area contributed by atoms with Crippen molar-refractivity contribution >= 4 is 44.7 Å². The second-order valence-electron chi connectivity index (χ2n) is 7.16. The second kappa shape index (κ2) is 9.51. The molecule has 0 aliphatic rings. The van der Waals surface area contributed by atoms with Gasteiger partial charge in [-0.1, -0.05) is 42.5 Å². The number of likely N-dealkylation sites (N-methyl/N-ethyl adjacent to an activating group) is 1. The maximum Gasteiger partial charge on any atom is 0.257 e. The summed E-state index contributed by atoms with van der Waals surface area (Å²) in [7, 11) is 1.87. The highest BCUT2D eigenvalue weighted by Crippen LogP contribution is 2.22. The molecule has 0 aliphatic carbocycles. The van der Waals surface area contributed by atoms with Gasteiger partial charge < -0.3 is 10.6 Å². The van der Waals surface area contributed by atoms with Crippen LogP contribution in [0.1, 0.15) is 15.4 Å². The molecule has 3 aromatic carbocycles. The zero-order valence-corrected chi connectivity index (χ0v) is 17.9. The number of benzene rings is 3. The Morgan fingerprint density at radius 3 is 2.42 bits per heavy atom. The number of aromatic nitrogens is 1. The topological polar surface area (TPSA) is 74.3 Å². The highest BCUT2D eigenvalue weighted by Gasteiger charge is 2.15. The van der Waals surface area contributed by atoms with Crippen LogP contribution in [0.3, 0.4) is 0 Å². The number of carbonyl (C=O) groups excluding carboxylic acids is 2. The summed E-state index contributed by atoms with van der Waals surface area (Å²) in [5.41, 5.74) is 2.56. The van der Waals surface area contributed by atoms with Crippen LogP contribution >= 0.6 is 11.3 Å². The standard InChI is InChI=1S/C24H22N4O2S/c1-28(16-23-27-20-13-7-8-14-21(20)31-23)15-22(29)26-19-12-6-5-11-18(19)24(30)25-17-9-3-2-4-10-17/h2-14H,15-16H2,1H3,(H,25,30)(H,26,29). The highest BCUT2D eigenvalue weighted by atomic mass is 32.1. The molecule has 1 aromatic heterocycles. The molecule has 0 unspecified atom stereocenters. The van der Waals surface area contributed by atoms with Gasteiger partial charge in [0.25, 0.3) is 5.91 Å². The van der Waals surface area contributed by atoms with Crippen molar-refractivity contribution in [3.05, 3.63) is 89.4 Å². The Labute approximate surface area is 184 Å². The minimum atomic E-state index is -0.273. The molecule has 7 heteroatoms. The van der Waals surface area contributed by atoms with E-state index in [2.05, 4.69) is 15.6 Å². The van der Waals surface area contributed by atoms with E-state index in [0.29, 0.717) is 23.5 Å². The molecule has 0 spiro atoms. The Balaban J connectivity index is 1.38. The fourth-order valence-corrected chi connectivity index (χ4v) is 4.27. The molecular weight excluding hydrogens is 408 g/mol. The first kappa shape index (κ1) is 20.7. The van der Waals surface area contributed by atoms with E-state index in [9.17, 15) is 9.59 Å². The third-order valence-electron chi connectivity index (χ3n) is 4.63. The Morgan fingerprint density at radius 1 is 0.903 bits per heavy atom. The lowest BCUT2D eigenvalue weighted by atomic mass is 10.1. The number of para-hydroxylation sites is 3. The first-order valence-corrected chi connectivity index (χ1v) is 10.7. The predicted octanol–water partition coefficient (Wildman–Crippen LogP) is 4.62. The van der Waals surface area contributed by atoms with Gasteiger partial charge >= 0.3 is 0 Å². The number of fused-ring (bicyclic) bond motifs is 1. The van der Waals surface area contributed by atoms with Gasteiger partial charge in [-0.15, -0.1) is 11.3 Å². The molecule has 4 rings (SSSR count). The molecule has 2 N–H and O–H groups in total. The molecule has 0 bridgehead atoms. The van der Waals surface area contributed by atoms with Gasteiger partial charge in [0.1, 0.15) is 5.01 Å². The summed E-state index contributed by atoms with van der Waals surface area (Å²) in [6, 6.07) is 24.2. The van der Waals surface area contributed by atoms with Gasteiger partial charge in [0.15, 0.2) is 0 Å². The van der Waals surface area contributed by atoms with Crippen LogP contribution in [0.4, 0.5) is 11.4 Å². The van der Waals surface area contributed by atoms with Crippen molar-refractivity contribution in [1.82, 2.24) is 9.88 Å². The van der Waals surface area contributed by atoms with Gasteiger partial charge in [0.05, 0.1) is 34.6 Å². The molecule has 0 fully saturated rings. The van der Waals surface area contributed by atoms with Crippen LogP contribution in [-0.2, 0) is 11.3 Å². The molecule has 2 amide bonds. The van der Waals surface area contributed by atoms with Crippen molar-refractivity contribution in [1.29, 1.82) is 0 Å². The quantitative estimate of drug-likeness (QED) is 0.449. The van der Waals surface area contributed by atoms with Crippen LogP contribution in [0.25, 0.3) is 10.2 Å². The molecule has 0 saturated carbocycles. The summed E-state index contributed by atoms with van der Waals surface area (Å²) in [6.45, 7) is 0.757. The lowest BCUT2D eigenvalue weighted by Crippen LogP contribution is -2.30. The molecule has 0 aliphatic heterocycles. The fourth-order valence-electron chi connectivity index (χ4n) is 3.22. The number of hydrogen-bond acceptors (Lipinski definition) is 5. The minimum absolute atomic E-state index is 0.185. The van der Waals surface area contributed by atoms with Crippen molar-refractivity contribution in [2.45, 2.75) is 6.54 Å². The number of nitrogens with zero attached hydrogens (tertiary/aromatic N) is 2. The van der Waals surface area contributed by atoms with E-state index in [1.807, 2.05) is 66.5 Å². The molecular formula is C24H22N4O2S. The lowest BCUT2D eigenvalue weighted by Gasteiger charge is -2.16. The van der Waals surface area contributed by atoms with Gasteiger partial charge in [-0.05, 0) is 43.4 Å². The van der Waals surface area contributed by atoms with E-state index < -0.39 is 0 Å². The van der Waals surface area contributed by atoms with Crippen LogP contribution in [-0.4, -0.2) is 35.3 Å². The van der Waals surface area contributed by atoms with Crippen LogP contribution < -0.4 is 10.6 Å². The first-order chi connectivity index (χ1) is 15.1. The lowest BCUT2D eigenvalue weighted by molar-refractivity contribution is -0.117. The van der Waals surface area contributed by atoms with Crippen LogP contribution in [0.2, 0.25) is 0 Å². The van der Waals surface area contributed by atoms with E-state index in [0.717, 1.165) is 15.2 Å². The normalized spacial score (nSPS) is 10.9. The van der Waals surface area contributed by atoms with Gasteiger partial charge in [-0.25, -0.2) is 4.98 Å². The van der Waals surface area contributed by atoms with Crippen LogP contribution in [0.5, 0.6) is 0 Å². The molecule has 156 valence electrons. The minimum Gasteiger partial charge on any atom is -0.324 e. The second-order valence-corrected chi connectivity index (χ2v) is 8.28. The van der Waals surface area contributed by atoms with E-state index in [-0.39, 0.29) is 18.4 Å². The predicted molar refractivity (Wildman–Crippen MR) is 125 cm³/mol. The molecule has 0 saturated heterocycles. The SMILES string of the molecule is CN(CC(=O)Nc1ccccc1C(=O)Nc1ccccc1)Cc1nc2ccccc2s1.